The van der Waals surface area contributed by atoms with Gasteiger partial charge in [0.15, 0.2) is 0 Å². The summed E-state index contributed by atoms with van der Waals surface area (Å²) in [5.41, 5.74) is 7.33. The average Bonchev–Trinajstić information content (AvgIpc) is 2.54. The monoisotopic (exact) mass is 313 g/mol. The Morgan fingerprint density at radius 3 is 2.26 bits per heavy atom. The van der Waals surface area contributed by atoms with Gasteiger partial charge in [-0.05, 0) is 42.5 Å². The van der Waals surface area contributed by atoms with Gasteiger partial charge in [-0.1, -0.05) is 0 Å². The number of hydrogen-bond donors (Lipinski definition) is 2. The molecule has 0 aliphatic carbocycles. The van der Waals surface area contributed by atoms with E-state index in [1.165, 1.54) is 0 Å². The van der Waals surface area contributed by atoms with E-state index in [-0.39, 0.29) is 11.5 Å². The summed E-state index contributed by atoms with van der Waals surface area (Å²) in [6, 6.07) is 11.8. The number of nitrogens with zero attached hydrogens (tertiary/aromatic N) is 1. The number of carbonyl (C=O) groups is 2. The SMILES string of the molecule is COc1ccc(C(=O)Nc2ccc(N(C)C)cc2C(N)=O)cc1. The molecular formula is C17H19N3O3. The van der Waals surface area contributed by atoms with Crippen LogP contribution in [-0.2, 0) is 0 Å². The number of nitrogens with two attached hydrogens (primary N) is 1. The topological polar surface area (TPSA) is 84.7 Å². The molecule has 0 unspecified atom stereocenters. The number of amides is 2. The minimum absolute atomic E-state index is 0.262. The molecule has 0 saturated carbocycles. The lowest BCUT2D eigenvalue weighted by Gasteiger charge is -2.16. The molecule has 0 aromatic heterocycles. The van der Waals surface area contributed by atoms with E-state index < -0.39 is 5.91 Å². The summed E-state index contributed by atoms with van der Waals surface area (Å²) in [5.74, 6) is -0.263. The fraction of sp³-hybridized carbons (Fsp3) is 0.176. The molecule has 0 radical (unpaired) electrons. The lowest BCUT2D eigenvalue weighted by molar-refractivity contribution is 0.100. The van der Waals surface area contributed by atoms with Crippen LogP contribution in [0.15, 0.2) is 42.5 Å². The fourth-order valence-electron chi connectivity index (χ4n) is 2.06. The Bertz CT molecular complexity index is 724. The van der Waals surface area contributed by atoms with Crippen molar-refractivity contribution in [1.29, 1.82) is 0 Å². The van der Waals surface area contributed by atoms with E-state index in [1.807, 2.05) is 19.0 Å². The van der Waals surface area contributed by atoms with Gasteiger partial charge >= 0.3 is 0 Å². The van der Waals surface area contributed by atoms with Crippen LogP contribution in [0.2, 0.25) is 0 Å². The van der Waals surface area contributed by atoms with Gasteiger partial charge in [0, 0.05) is 25.3 Å². The highest BCUT2D eigenvalue weighted by atomic mass is 16.5. The molecule has 6 nitrogen and oxygen atoms in total. The van der Waals surface area contributed by atoms with Crippen molar-refractivity contribution in [3.8, 4) is 5.75 Å². The zero-order chi connectivity index (χ0) is 17.0. The Morgan fingerprint density at radius 2 is 1.74 bits per heavy atom. The van der Waals surface area contributed by atoms with Crippen LogP contribution >= 0.6 is 0 Å². The number of benzene rings is 2. The van der Waals surface area contributed by atoms with Crippen molar-refractivity contribution < 1.29 is 14.3 Å². The lowest BCUT2D eigenvalue weighted by atomic mass is 10.1. The summed E-state index contributed by atoms with van der Waals surface area (Å²) in [6.07, 6.45) is 0. The molecule has 2 amide bonds. The Balaban J connectivity index is 2.27. The maximum absolute atomic E-state index is 12.3. The van der Waals surface area contributed by atoms with Gasteiger partial charge in [0.05, 0.1) is 18.4 Å². The number of primary amides is 1. The quantitative estimate of drug-likeness (QED) is 0.885. The van der Waals surface area contributed by atoms with Gasteiger partial charge in [-0.3, -0.25) is 9.59 Å². The number of hydrogen-bond acceptors (Lipinski definition) is 4. The van der Waals surface area contributed by atoms with Crippen LogP contribution in [-0.4, -0.2) is 33.0 Å². The summed E-state index contributed by atoms with van der Waals surface area (Å²) >= 11 is 0. The van der Waals surface area contributed by atoms with Crippen LogP contribution in [0, 0.1) is 0 Å². The molecular weight excluding hydrogens is 294 g/mol. The van der Waals surface area contributed by atoms with Gasteiger partial charge in [-0.2, -0.15) is 0 Å². The number of methoxy groups -OCH3 is 1. The molecule has 0 saturated heterocycles. The predicted molar refractivity (Wildman–Crippen MR) is 90.2 cm³/mol. The first-order chi connectivity index (χ1) is 10.9. The molecule has 0 heterocycles. The average molecular weight is 313 g/mol. The van der Waals surface area contributed by atoms with E-state index in [0.717, 1.165) is 5.69 Å². The van der Waals surface area contributed by atoms with Crippen molar-refractivity contribution in [1.82, 2.24) is 0 Å². The molecule has 2 rings (SSSR count). The van der Waals surface area contributed by atoms with Crippen molar-refractivity contribution in [2.24, 2.45) is 5.73 Å². The summed E-state index contributed by atoms with van der Waals surface area (Å²) < 4.78 is 5.06. The van der Waals surface area contributed by atoms with Crippen molar-refractivity contribution in [2.75, 3.05) is 31.4 Å². The van der Waals surface area contributed by atoms with E-state index in [2.05, 4.69) is 5.32 Å². The standard InChI is InChI=1S/C17H19N3O3/c1-20(2)12-6-9-15(14(10-12)16(18)21)19-17(22)11-4-7-13(23-3)8-5-11/h4-10H,1-3H3,(H2,18,21)(H,19,22). The van der Waals surface area contributed by atoms with Crippen molar-refractivity contribution in [3.05, 3.63) is 53.6 Å². The number of rotatable bonds is 5. The van der Waals surface area contributed by atoms with E-state index in [1.54, 1.807) is 49.6 Å². The molecule has 0 spiro atoms. The molecule has 2 aromatic rings. The number of carbonyl (C=O) groups excluding carboxylic acids is 2. The molecule has 0 aliphatic heterocycles. The number of nitrogens with one attached hydrogen (secondary N) is 1. The molecule has 120 valence electrons. The first kappa shape index (κ1) is 16.4. The molecule has 23 heavy (non-hydrogen) atoms. The van der Waals surface area contributed by atoms with E-state index in [0.29, 0.717) is 17.0 Å². The van der Waals surface area contributed by atoms with E-state index >= 15 is 0 Å². The van der Waals surface area contributed by atoms with Crippen LogP contribution < -0.4 is 20.7 Å². The molecule has 6 heteroatoms. The van der Waals surface area contributed by atoms with Crippen LogP contribution in [0.25, 0.3) is 0 Å². The Labute approximate surface area is 134 Å². The minimum Gasteiger partial charge on any atom is -0.497 e. The van der Waals surface area contributed by atoms with Crippen LogP contribution in [0.1, 0.15) is 20.7 Å². The Kier molecular flexibility index (Phi) is 4.85. The highest BCUT2D eigenvalue weighted by molar-refractivity contribution is 6.09. The summed E-state index contributed by atoms with van der Waals surface area (Å²) in [6.45, 7) is 0. The van der Waals surface area contributed by atoms with Crippen LogP contribution in [0.5, 0.6) is 5.75 Å². The van der Waals surface area contributed by atoms with Gasteiger partial charge in [0.2, 0.25) is 0 Å². The largest absolute Gasteiger partial charge is 0.497 e. The minimum atomic E-state index is -0.598. The zero-order valence-electron chi connectivity index (χ0n) is 13.3. The van der Waals surface area contributed by atoms with Gasteiger partial charge < -0.3 is 20.7 Å². The normalized spacial score (nSPS) is 10.0. The zero-order valence-corrected chi connectivity index (χ0v) is 13.3. The smallest absolute Gasteiger partial charge is 0.255 e. The third-order valence-corrected chi connectivity index (χ3v) is 3.39. The second-order valence-corrected chi connectivity index (χ2v) is 5.17. The maximum atomic E-state index is 12.3. The second-order valence-electron chi connectivity index (χ2n) is 5.17. The molecule has 0 atom stereocenters. The molecule has 0 bridgehead atoms. The van der Waals surface area contributed by atoms with Gasteiger partial charge in [-0.25, -0.2) is 0 Å². The lowest BCUT2D eigenvalue weighted by Crippen LogP contribution is -2.19. The summed E-state index contributed by atoms with van der Waals surface area (Å²) in [4.78, 5) is 25.8. The summed E-state index contributed by atoms with van der Waals surface area (Å²) in [7, 11) is 5.27. The van der Waals surface area contributed by atoms with Crippen LogP contribution in [0.4, 0.5) is 11.4 Å². The van der Waals surface area contributed by atoms with Gasteiger partial charge in [0.1, 0.15) is 5.75 Å². The third kappa shape index (κ3) is 3.79. The second kappa shape index (κ2) is 6.83. The molecule has 3 N–H and O–H groups in total. The first-order valence-electron chi connectivity index (χ1n) is 6.99. The van der Waals surface area contributed by atoms with Crippen LogP contribution in [0.3, 0.4) is 0 Å². The molecule has 0 aliphatic rings. The van der Waals surface area contributed by atoms with Crippen molar-refractivity contribution in [3.63, 3.8) is 0 Å². The highest BCUT2D eigenvalue weighted by Crippen LogP contribution is 2.23. The number of anilines is 2. The fourth-order valence-corrected chi connectivity index (χ4v) is 2.06. The van der Waals surface area contributed by atoms with Crippen molar-refractivity contribution >= 4 is 23.2 Å². The first-order valence-corrected chi connectivity index (χ1v) is 6.99. The number of ether oxygens (including phenoxy) is 1. The Morgan fingerprint density at radius 1 is 1.09 bits per heavy atom. The van der Waals surface area contributed by atoms with E-state index in [4.69, 9.17) is 10.5 Å². The van der Waals surface area contributed by atoms with E-state index in [9.17, 15) is 9.59 Å². The highest BCUT2D eigenvalue weighted by Gasteiger charge is 2.14. The Hall–Kier alpha value is -3.02. The van der Waals surface area contributed by atoms with Gasteiger partial charge in [-0.15, -0.1) is 0 Å². The van der Waals surface area contributed by atoms with Gasteiger partial charge in [0.25, 0.3) is 11.8 Å². The maximum Gasteiger partial charge on any atom is 0.255 e. The predicted octanol–water partition coefficient (Wildman–Crippen LogP) is 2.11. The third-order valence-electron chi connectivity index (χ3n) is 3.39. The molecule has 2 aromatic carbocycles. The van der Waals surface area contributed by atoms with Crippen molar-refractivity contribution in [2.45, 2.75) is 0 Å². The molecule has 0 fully saturated rings. The summed E-state index contributed by atoms with van der Waals surface area (Å²) in [5, 5.41) is 2.71.